The molecule has 210 valence electrons. The lowest BCUT2D eigenvalue weighted by atomic mass is 9.66. The lowest BCUT2D eigenvalue weighted by Gasteiger charge is -2.49. The third kappa shape index (κ3) is 4.61. The smallest absolute Gasteiger partial charge is 0.407 e. The van der Waals surface area contributed by atoms with Gasteiger partial charge in [0.1, 0.15) is 5.82 Å². The molecular formula is C31H44BFN2O3Si. The first-order valence-electron chi connectivity index (χ1n) is 14.6. The van der Waals surface area contributed by atoms with E-state index in [1.54, 1.807) is 12.1 Å². The molecule has 0 bridgehead atoms. The fourth-order valence-corrected chi connectivity index (χ4v) is 9.77. The van der Waals surface area contributed by atoms with E-state index in [-0.39, 0.29) is 22.4 Å². The van der Waals surface area contributed by atoms with E-state index in [0.29, 0.717) is 0 Å². The monoisotopic (exact) mass is 550 g/mol. The third-order valence-corrected chi connectivity index (χ3v) is 15.0. The molecule has 39 heavy (non-hydrogen) atoms. The Morgan fingerprint density at radius 1 is 1.03 bits per heavy atom. The van der Waals surface area contributed by atoms with Gasteiger partial charge in [-0.25, -0.2) is 9.07 Å². The Kier molecular flexibility index (Phi) is 7.19. The van der Waals surface area contributed by atoms with E-state index < -0.39 is 21.0 Å². The van der Waals surface area contributed by atoms with Crippen molar-refractivity contribution < 1.29 is 18.1 Å². The second kappa shape index (κ2) is 9.82. The SMILES string of the molecule is CC[Si](CC)(CC)O[C@@]1(C=CB2OC(C)(C)C(C)(C)O2)CCC2=Cc3c(cnn3-c3ccc(F)cc3)C[C@@]21C. The Bertz CT molecular complexity index is 1260. The molecule has 2 heterocycles. The lowest BCUT2D eigenvalue weighted by Crippen LogP contribution is -2.54. The van der Waals surface area contributed by atoms with Crippen molar-refractivity contribution in [3.8, 4) is 5.69 Å². The van der Waals surface area contributed by atoms with Gasteiger partial charge in [0.15, 0.2) is 8.32 Å². The average Bonchev–Trinajstić information content (AvgIpc) is 3.49. The molecule has 1 aliphatic heterocycles. The molecule has 0 radical (unpaired) electrons. The van der Waals surface area contributed by atoms with Crippen LogP contribution in [0, 0.1) is 11.2 Å². The molecule has 1 saturated carbocycles. The number of hydrogen-bond donors (Lipinski definition) is 0. The van der Waals surface area contributed by atoms with Crippen LogP contribution < -0.4 is 0 Å². The van der Waals surface area contributed by atoms with Gasteiger partial charge in [0.05, 0.1) is 34.4 Å². The maximum atomic E-state index is 13.6. The van der Waals surface area contributed by atoms with Crippen LogP contribution in [-0.2, 0) is 20.2 Å². The normalized spacial score (nSPS) is 27.6. The first-order chi connectivity index (χ1) is 18.3. The zero-order chi connectivity index (χ0) is 28.3. The molecule has 0 unspecified atom stereocenters. The van der Waals surface area contributed by atoms with Gasteiger partial charge in [0.2, 0.25) is 0 Å². The highest BCUT2D eigenvalue weighted by Crippen LogP contribution is 2.59. The first kappa shape index (κ1) is 28.5. The summed E-state index contributed by atoms with van der Waals surface area (Å²) in [5, 5.41) is 4.73. The van der Waals surface area contributed by atoms with Crippen LogP contribution in [0.3, 0.4) is 0 Å². The predicted octanol–water partition coefficient (Wildman–Crippen LogP) is 7.70. The van der Waals surface area contributed by atoms with Gasteiger partial charge in [0.25, 0.3) is 0 Å². The van der Waals surface area contributed by atoms with Gasteiger partial charge >= 0.3 is 7.12 Å². The summed E-state index contributed by atoms with van der Waals surface area (Å²) in [6.07, 6.45) is 9.31. The summed E-state index contributed by atoms with van der Waals surface area (Å²) in [6, 6.07) is 9.83. The van der Waals surface area contributed by atoms with E-state index in [4.69, 9.17) is 18.8 Å². The van der Waals surface area contributed by atoms with Gasteiger partial charge in [-0.2, -0.15) is 5.10 Å². The van der Waals surface area contributed by atoms with Gasteiger partial charge in [-0.05, 0) is 101 Å². The largest absolute Gasteiger partial charge is 0.486 e. The van der Waals surface area contributed by atoms with Crippen LogP contribution in [0.5, 0.6) is 0 Å². The Morgan fingerprint density at radius 3 is 2.23 bits per heavy atom. The molecule has 1 saturated heterocycles. The summed E-state index contributed by atoms with van der Waals surface area (Å²) in [5.41, 5.74) is 3.11. The first-order valence-corrected chi connectivity index (χ1v) is 17.2. The van der Waals surface area contributed by atoms with Crippen molar-refractivity contribution in [2.45, 2.75) is 110 Å². The number of hydrogen-bond acceptors (Lipinski definition) is 4. The molecule has 2 atom stereocenters. The highest BCUT2D eigenvalue weighted by atomic mass is 28.4. The van der Waals surface area contributed by atoms with Gasteiger partial charge < -0.3 is 13.7 Å². The molecule has 3 aliphatic rings. The van der Waals surface area contributed by atoms with Crippen molar-refractivity contribution >= 4 is 21.5 Å². The standard InChI is InChI=1S/C31H44BFN2O3Si/c1-9-39(10-2,11-3)38-31(18-19-32-36-28(4,5)29(6,7)37-32)17-16-24-20-27-23(21-30(24,31)8)22-34-35(27)26-14-12-25(33)13-15-26/h12-15,18-20,22H,9-11,16-17,21H2,1-8H3/t30-,31+/m0/s1. The molecule has 2 fully saturated rings. The fourth-order valence-electron chi connectivity index (χ4n) is 6.67. The predicted molar refractivity (Wildman–Crippen MR) is 159 cm³/mol. The maximum Gasteiger partial charge on any atom is 0.486 e. The molecule has 5 rings (SSSR count). The van der Waals surface area contributed by atoms with Crippen LogP contribution in [0.2, 0.25) is 18.1 Å². The van der Waals surface area contributed by atoms with E-state index in [2.05, 4.69) is 73.5 Å². The number of nitrogens with zero attached hydrogens (tertiary/aromatic N) is 2. The Hall–Kier alpha value is -2.00. The zero-order valence-corrected chi connectivity index (χ0v) is 25.9. The number of fused-ring (bicyclic) bond motifs is 2. The summed E-state index contributed by atoms with van der Waals surface area (Å²) < 4.78 is 35.8. The second-order valence-corrected chi connectivity index (χ2v) is 17.5. The topological polar surface area (TPSA) is 45.5 Å². The van der Waals surface area contributed by atoms with Crippen molar-refractivity contribution in [2.24, 2.45) is 5.41 Å². The summed E-state index contributed by atoms with van der Waals surface area (Å²) in [6.45, 7) is 17.6. The van der Waals surface area contributed by atoms with Crippen molar-refractivity contribution in [1.82, 2.24) is 9.78 Å². The number of aromatic nitrogens is 2. The molecule has 0 spiro atoms. The van der Waals surface area contributed by atoms with E-state index in [1.807, 2.05) is 10.9 Å². The van der Waals surface area contributed by atoms with E-state index >= 15 is 0 Å². The van der Waals surface area contributed by atoms with Crippen LogP contribution in [-0.4, -0.2) is 42.0 Å². The molecule has 1 aromatic heterocycles. The van der Waals surface area contributed by atoms with Crippen LogP contribution in [0.25, 0.3) is 11.8 Å². The Balaban J connectivity index is 1.55. The van der Waals surface area contributed by atoms with Crippen molar-refractivity contribution in [3.05, 3.63) is 65.2 Å². The van der Waals surface area contributed by atoms with E-state index in [0.717, 1.165) is 48.8 Å². The summed E-state index contributed by atoms with van der Waals surface area (Å²) in [7, 11) is -2.38. The molecule has 8 heteroatoms. The van der Waals surface area contributed by atoms with Crippen LogP contribution in [0.1, 0.15) is 79.5 Å². The summed E-state index contributed by atoms with van der Waals surface area (Å²) in [4.78, 5) is 0. The Labute approximate surface area is 235 Å². The van der Waals surface area contributed by atoms with Crippen LogP contribution in [0.4, 0.5) is 4.39 Å². The molecular weight excluding hydrogens is 506 g/mol. The summed E-state index contributed by atoms with van der Waals surface area (Å²) >= 11 is 0. The molecule has 5 nitrogen and oxygen atoms in total. The number of benzene rings is 1. The molecule has 2 aliphatic carbocycles. The number of halogens is 1. The summed E-state index contributed by atoms with van der Waals surface area (Å²) in [5.74, 6) is 1.87. The van der Waals surface area contributed by atoms with Gasteiger partial charge in [-0.15, -0.1) is 0 Å². The fraction of sp³-hybridized carbons (Fsp3) is 0.581. The lowest BCUT2D eigenvalue weighted by molar-refractivity contribution is 0.00578. The van der Waals surface area contributed by atoms with Crippen molar-refractivity contribution in [2.75, 3.05) is 0 Å². The van der Waals surface area contributed by atoms with Gasteiger partial charge in [-0.1, -0.05) is 45.3 Å². The minimum absolute atomic E-state index is 0.214. The molecule has 0 amide bonds. The molecule has 0 N–H and O–H groups in total. The van der Waals surface area contributed by atoms with E-state index in [1.165, 1.54) is 23.3 Å². The van der Waals surface area contributed by atoms with Gasteiger partial charge in [-0.3, -0.25) is 0 Å². The van der Waals surface area contributed by atoms with Gasteiger partial charge in [0, 0.05) is 5.41 Å². The second-order valence-electron chi connectivity index (χ2n) is 12.8. The van der Waals surface area contributed by atoms with E-state index in [9.17, 15) is 4.39 Å². The van der Waals surface area contributed by atoms with Crippen molar-refractivity contribution in [3.63, 3.8) is 0 Å². The highest BCUT2D eigenvalue weighted by molar-refractivity contribution is 6.73. The minimum atomic E-state index is -1.97. The van der Waals surface area contributed by atoms with Crippen LogP contribution >= 0.6 is 0 Å². The van der Waals surface area contributed by atoms with Crippen molar-refractivity contribution in [1.29, 1.82) is 0 Å². The maximum absolute atomic E-state index is 13.6. The zero-order valence-electron chi connectivity index (χ0n) is 24.9. The molecule has 1 aromatic carbocycles. The number of rotatable bonds is 8. The highest BCUT2D eigenvalue weighted by Gasteiger charge is 2.58. The minimum Gasteiger partial charge on any atom is -0.407 e. The average molecular weight is 551 g/mol. The quantitative estimate of drug-likeness (QED) is 0.316. The third-order valence-electron chi connectivity index (χ3n) is 10.3. The Morgan fingerprint density at radius 2 is 1.64 bits per heavy atom. The molecule has 2 aromatic rings. The van der Waals surface area contributed by atoms with Crippen LogP contribution in [0.15, 0.2) is 48.1 Å².